The lowest BCUT2D eigenvalue weighted by Gasteiger charge is -2.06. The van der Waals surface area contributed by atoms with Gasteiger partial charge in [-0.2, -0.15) is 0 Å². The van der Waals surface area contributed by atoms with Gasteiger partial charge in [0.25, 0.3) is 0 Å². The first-order valence-electron chi connectivity index (χ1n) is 6.62. The molecular formula is C16H27N. The van der Waals surface area contributed by atoms with Crippen molar-refractivity contribution in [3.63, 3.8) is 0 Å². The zero-order valence-electron chi connectivity index (χ0n) is 12.2. The maximum absolute atomic E-state index is 4.68. The SMILES string of the molecule is CC/C=C\C(/C=C/CC)=C(C)N=C(C)C(C)C. The number of hydrogen-bond acceptors (Lipinski definition) is 1. The molecule has 0 amide bonds. The van der Waals surface area contributed by atoms with Crippen molar-refractivity contribution >= 4 is 5.71 Å². The van der Waals surface area contributed by atoms with E-state index >= 15 is 0 Å². The van der Waals surface area contributed by atoms with Crippen molar-refractivity contribution in [3.8, 4) is 0 Å². The van der Waals surface area contributed by atoms with Gasteiger partial charge in [-0.3, -0.25) is 4.99 Å². The second-order valence-electron chi connectivity index (χ2n) is 4.57. The Kier molecular flexibility index (Phi) is 8.39. The van der Waals surface area contributed by atoms with Gasteiger partial charge in [0, 0.05) is 11.4 Å². The smallest absolute Gasteiger partial charge is 0.0444 e. The normalized spacial score (nSPS) is 15.1. The fourth-order valence-corrected chi connectivity index (χ4v) is 1.24. The summed E-state index contributed by atoms with van der Waals surface area (Å²) in [6.45, 7) is 12.8. The van der Waals surface area contributed by atoms with E-state index in [4.69, 9.17) is 0 Å². The fourth-order valence-electron chi connectivity index (χ4n) is 1.24. The quantitative estimate of drug-likeness (QED) is 0.435. The largest absolute Gasteiger partial charge is 0.262 e. The first kappa shape index (κ1) is 15.9. The second-order valence-corrected chi connectivity index (χ2v) is 4.57. The molecule has 0 unspecified atom stereocenters. The molecule has 0 radical (unpaired) electrons. The molecule has 0 rings (SSSR count). The Balaban J connectivity index is 5.16. The summed E-state index contributed by atoms with van der Waals surface area (Å²) in [4.78, 5) is 4.68. The average Bonchev–Trinajstić information content (AvgIpc) is 2.28. The van der Waals surface area contributed by atoms with Gasteiger partial charge in [0.1, 0.15) is 0 Å². The summed E-state index contributed by atoms with van der Waals surface area (Å²) < 4.78 is 0. The number of nitrogens with zero attached hydrogens (tertiary/aromatic N) is 1. The van der Waals surface area contributed by atoms with Crippen molar-refractivity contribution in [1.82, 2.24) is 0 Å². The lowest BCUT2D eigenvalue weighted by atomic mass is 10.1. The molecule has 0 aliphatic heterocycles. The maximum atomic E-state index is 4.68. The van der Waals surface area contributed by atoms with Gasteiger partial charge in [-0.25, -0.2) is 0 Å². The zero-order chi connectivity index (χ0) is 13.3. The van der Waals surface area contributed by atoms with E-state index in [9.17, 15) is 0 Å². The van der Waals surface area contributed by atoms with Crippen LogP contribution in [0.3, 0.4) is 0 Å². The van der Waals surface area contributed by atoms with E-state index in [1.165, 1.54) is 11.3 Å². The lowest BCUT2D eigenvalue weighted by molar-refractivity contribution is 0.874. The summed E-state index contributed by atoms with van der Waals surface area (Å²) in [6.07, 6.45) is 10.8. The monoisotopic (exact) mass is 233 g/mol. The first-order valence-corrected chi connectivity index (χ1v) is 6.62. The molecule has 0 heterocycles. The molecule has 0 aliphatic carbocycles. The number of allylic oxidation sites excluding steroid dienone is 6. The Labute approximate surface area is 107 Å². The van der Waals surface area contributed by atoms with E-state index in [1.54, 1.807) is 0 Å². The van der Waals surface area contributed by atoms with E-state index in [2.05, 4.69) is 70.8 Å². The van der Waals surface area contributed by atoms with Gasteiger partial charge in [-0.05, 0) is 38.2 Å². The molecule has 1 nitrogen and oxygen atoms in total. The molecule has 1 heteroatoms. The Hall–Kier alpha value is -1.11. The molecule has 0 fully saturated rings. The summed E-state index contributed by atoms with van der Waals surface area (Å²) >= 11 is 0. The third kappa shape index (κ3) is 6.93. The van der Waals surface area contributed by atoms with Gasteiger partial charge in [0.15, 0.2) is 0 Å². The Morgan fingerprint density at radius 1 is 1.00 bits per heavy atom. The van der Waals surface area contributed by atoms with Crippen molar-refractivity contribution in [2.45, 2.75) is 54.4 Å². The highest BCUT2D eigenvalue weighted by Crippen LogP contribution is 2.12. The number of aliphatic imine (C=N–C) groups is 1. The van der Waals surface area contributed by atoms with Gasteiger partial charge < -0.3 is 0 Å². The summed E-state index contributed by atoms with van der Waals surface area (Å²) in [5.41, 5.74) is 3.51. The third-order valence-electron chi connectivity index (χ3n) is 2.66. The molecule has 96 valence electrons. The molecule has 0 aliphatic rings. The van der Waals surface area contributed by atoms with Crippen molar-refractivity contribution in [3.05, 3.63) is 35.6 Å². The molecular weight excluding hydrogens is 206 g/mol. The highest BCUT2D eigenvalue weighted by Gasteiger charge is 1.99. The summed E-state index contributed by atoms with van der Waals surface area (Å²) in [5.74, 6) is 0.511. The summed E-state index contributed by atoms with van der Waals surface area (Å²) in [7, 11) is 0. The van der Waals surface area contributed by atoms with Crippen LogP contribution in [0, 0.1) is 5.92 Å². The van der Waals surface area contributed by atoms with Crippen LogP contribution in [-0.2, 0) is 0 Å². The average molecular weight is 233 g/mol. The minimum Gasteiger partial charge on any atom is -0.262 e. The second kappa shape index (κ2) is 8.98. The number of rotatable bonds is 6. The molecule has 0 aromatic rings. The Morgan fingerprint density at radius 3 is 1.82 bits per heavy atom. The van der Waals surface area contributed by atoms with Crippen LogP contribution >= 0.6 is 0 Å². The van der Waals surface area contributed by atoms with Crippen LogP contribution in [-0.4, -0.2) is 5.71 Å². The van der Waals surface area contributed by atoms with Crippen molar-refractivity contribution in [1.29, 1.82) is 0 Å². The van der Waals surface area contributed by atoms with E-state index in [0.717, 1.165) is 18.5 Å². The topological polar surface area (TPSA) is 12.4 Å². The van der Waals surface area contributed by atoms with Crippen molar-refractivity contribution in [2.75, 3.05) is 0 Å². The lowest BCUT2D eigenvalue weighted by Crippen LogP contribution is -2.01. The van der Waals surface area contributed by atoms with Crippen LogP contribution in [0.15, 0.2) is 40.6 Å². The summed E-state index contributed by atoms with van der Waals surface area (Å²) in [5, 5.41) is 0. The van der Waals surface area contributed by atoms with Crippen LogP contribution in [0.4, 0.5) is 0 Å². The third-order valence-corrected chi connectivity index (χ3v) is 2.66. The standard InChI is InChI=1S/C16H27N/c1-7-9-11-16(12-10-8-2)15(6)17-14(5)13(3)4/h9-13H,7-8H2,1-6H3/b11-9-,12-10+,16-15?,17-14?. The predicted octanol–water partition coefficient (Wildman–Crippen LogP) is 5.31. The van der Waals surface area contributed by atoms with Crippen LogP contribution in [0.5, 0.6) is 0 Å². The van der Waals surface area contributed by atoms with E-state index < -0.39 is 0 Å². The van der Waals surface area contributed by atoms with Crippen LogP contribution in [0.2, 0.25) is 0 Å². The molecule has 0 saturated carbocycles. The maximum Gasteiger partial charge on any atom is 0.0444 e. The molecule has 0 atom stereocenters. The minimum atomic E-state index is 0.511. The Morgan fingerprint density at radius 2 is 1.47 bits per heavy atom. The number of hydrogen-bond donors (Lipinski definition) is 0. The van der Waals surface area contributed by atoms with Crippen LogP contribution in [0.1, 0.15) is 54.4 Å². The fraction of sp³-hybridized carbons (Fsp3) is 0.562. The molecule has 0 saturated heterocycles. The molecule has 0 aromatic heterocycles. The van der Waals surface area contributed by atoms with Crippen molar-refractivity contribution < 1.29 is 0 Å². The van der Waals surface area contributed by atoms with Gasteiger partial charge in [0.05, 0.1) is 0 Å². The zero-order valence-corrected chi connectivity index (χ0v) is 12.2. The van der Waals surface area contributed by atoms with Crippen molar-refractivity contribution in [2.24, 2.45) is 10.9 Å². The van der Waals surface area contributed by atoms with Crippen LogP contribution < -0.4 is 0 Å². The molecule has 0 N–H and O–H groups in total. The summed E-state index contributed by atoms with van der Waals surface area (Å²) in [6, 6.07) is 0. The first-order chi connectivity index (χ1) is 8.02. The van der Waals surface area contributed by atoms with E-state index in [-0.39, 0.29) is 0 Å². The molecule has 0 bridgehead atoms. The molecule has 0 aromatic carbocycles. The van der Waals surface area contributed by atoms with Gasteiger partial charge >= 0.3 is 0 Å². The van der Waals surface area contributed by atoms with E-state index in [0.29, 0.717) is 5.92 Å². The molecule has 17 heavy (non-hydrogen) atoms. The van der Waals surface area contributed by atoms with Gasteiger partial charge in [-0.1, -0.05) is 52.0 Å². The highest BCUT2D eigenvalue weighted by atomic mass is 14.8. The Bertz CT molecular complexity index is 311. The van der Waals surface area contributed by atoms with Crippen LogP contribution in [0.25, 0.3) is 0 Å². The van der Waals surface area contributed by atoms with Gasteiger partial charge in [-0.15, -0.1) is 0 Å². The minimum absolute atomic E-state index is 0.511. The van der Waals surface area contributed by atoms with Gasteiger partial charge in [0.2, 0.25) is 0 Å². The molecule has 0 spiro atoms. The van der Waals surface area contributed by atoms with E-state index in [1.807, 2.05) is 0 Å². The predicted molar refractivity (Wildman–Crippen MR) is 79.5 cm³/mol. The highest BCUT2D eigenvalue weighted by molar-refractivity contribution is 5.84.